The second-order valence-corrected chi connectivity index (χ2v) is 10.7. The Morgan fingerprint density at radius 1 is 1.00 bits per heavy atom. The van der Waals surface area contributed by atoms with Crippen molar-refractivity contribution in [3.63, 3.8) is 0 Å². The number of halogens is 1. The zero-order valence-electron chi connectivity index (χ0n) is 20.6. The number of hydrogen-bond donors (Lipinski definition) is 3. The minimum Gasteiger partial charge on any atom is -0.483 e. The number of sulfonamides is 1. The minimum atomic E-state index is -3.98. The number of carbonyl (C=O) groups is 1. The van der Waals surface area contributed by atoms with Crippen molar-refractivity contribution in [1.82, 2.24) is 15.3 Å². The molecule has 0 spiro atoms. The lowest BCUT2D eigenvalue weighted by molar-refractivity contribution is -0.121. The van der Waals surface area contributed by atoms with E-state index in [4.69, 9.17) is 26.4 Å². The van der Waals surface area contributed by atoms with Gasteiger partial charge in [0, 0.05) is 11.8 Å². The molecule has 1 heterocycles. The highest BCUT2D eigenvalue weighted by Gasteiger charge is 2.17. The Balaban J connectivity index is 1.32. The standard InChI is InChI=1S/C25H22BrN5O6S2/c1-35-22-13-20(28-24(30-22)36-2)31-39(33,34)17-10-8-16(9-11-17)27-25(38)29-21(32)14-37-19-12-7-15-5-3-4-6-18(15)23(19)26/h3-13H,14H2,1-2H3,(H,28,30,31)(H2,27,29,32,38). The molecule has 3 aromatic carbocycles. The van der Waals surface area contributed by atoms with E-state index in [0.29, 0.717) is 11.4 Å². The molecule has 0 aliphatic rings. The Kier molecular flexibility index (Phi) is 8.79. The predicted molar refractivity (Wildman–Crippen MR) is 154 cm³/mol. The summed E-state index contributed by atoms with van der Waals surface area (Å²) in [7, 11) is -1.25. The van der Waals surface area contributed by atoms with Gasteiger partial charge in [-0.05, 0) is 69.3 Å². The smallest absolute Gasteiger partial charge is 0.321 e. The van der Waals surface area contributed by atoms with Gasteiger partial charge in [0.1, 0.15) is 5.75 Å². The van der Waals surface area contributed by atoms with Gasteiger partial charge in [0.2, 0.25) is 5.88 Å². The molecule has 0 saturated heterocycles. The van der Waals surface area contributed by atoms with Gasteiger partial charge in [-0.25, -0.2) is 8.42 Å². The molecule has 39 heavy (non-hydrogen) atoms. The molecule has 0 bridgehead atoms. The molecule has 202 valence electrons. The fraction of sp³-hybridized carbons (Fsp3) is 0.120. The van der Waals surface area contributed by atoms with Gasteiger partial charge >= 0.3 is 6.01 Å². The van der Waals surface area contributed by atoms with Crippen LogP contribution in [0.3, 0.4) is 0 Å². The third kappa shape index (κ3) is 7.10. The first-order valence-electron chi connectivity index (χ1n) is 11.2. The Bertz CT molecular complexity index is 1610. The lowest BCUT2D eigenvalue weighted by Crippen LogP contribution is -2.37. The minimum absolute atomic E-state index is 0.0232. The fourth-order valence-electron chi connectivity index (χ4n) is 3.36. The van der Waals surface area contributed by atoms with Gasteiger partial charge in [0.15, 0.2) is 17.5 Å². The normalized spacial score (nSPS) is 10.9. The third-order valence-corrected chi connectivity index (χ3v) is 7.57. The summed E-state index contributed by atoms with van der Waals surface area (Å²) in [5.74, 6) is 0.159. The van der Waals surface area contributed by atoms with Crippen LogP contribution >= 0.6 is 28.1 Å². The number of anilines is 2. The summed E-state index contributed by atoms with van der Waals surface area (Å²) in [6.07, 6.45) is 0. The largest absolute Gasteiger partial charge is 0.483 e. The van der Waals surface area contributed by atoms with Crippen LogP contribution in [0.4, 0.5) is 11.5 Å². The predicted octanol–water partition coefficient (Wildman–Crippen LogP) is 4.10. The zero-order chi connectivity index (χ0) is 28.0. The Labute approximate surface area is 238 Å². The summed E-state index contributed by atoms with van der Waals surface area (Å²) >= 11 is 8.71. The topological polar surface area (TPSA) is 141 Å². The first-order chi connectivity index (χ1) is 18.7. The summed E-state index contributed by atoms with van der Waals surface area (Å²) < 4.78 is 44.3. The number of carbonyl (C=O) groups excluding carboxylic acids is 1. The van der Waals surface area contributed by atoms with E-state index in [-0.39, 0.29) is 34.3 Å². The quantitative estimate of drug-likeness (QED) is 0.231. The molecule has 0 unspecified atom stereocenters. The SMILES string of the molecule is COc1cc(NS(=O)(=O)c2ccc(NC(=S)NC(=O)COc3ccc4ccccc4c3Br)cc2)nc(OC)n1. The molecule has 0 aliphatic carbocycles. The molecule has 4 aromatic rings. The summed E-state index contributed by atoms with van der Waals surface area (Å²) in [5, 5.41) is 7.38. The van der Waals surface area contributed by atoms with Gasteiger partial charge in [-0.1, -0.05) is 30.3 Å². The van der Waals surface area contributed by atoms with Crippen molar-refractivity contribution in [1.29, 1.82) is 0 Å². The molecule has 1 amide bonds. The Hall–Kier alpha value is -4.01. The van der Waals surface area contributed by atoms with E-state index in [1.165, 1.54) is 44.6 Å². The van der Waals surface area contributed by atoms with Gasteiger partial charge in [0.25, 0.3) is 15.9 Å². The maximum absolute atomic E-state index is 12.8. The molecule has 3 N–H and O–H groups in total. The van der Waals surface area contributed by atoms with Crippen molar-refractivity contribution >= 4 is 71.5 Å². The summed E-state index contributed by atoms with van der Waals surface area (Å²) in [6.45, 7) is -0.264. The lowest BCUT2D eigenvalue weighted by Gasteiger charge is -2.13. The molecular formula is C25H22BrN5O6S2. The number of amides is 1. The molecule has 0 radical (unpaired) electrons. The van der Waals surface area contributed by atoms with Gasteiger partial charge in [0.05, 0.1) is 23.6 Å². The number of nitrogens with zero attached hydrogens (tertiary/aromatic N) is 2. The first kappa shape index (κ1) is 28.0. The van der Waals surface area contributed by atoms with Crippen LogP contribution in [0.1, 0.15) is 0 Å². The molecule has 14 heteroatoms. The number of hydrogen-bond acceptors (Lipinski definition) is 9. The number of ether oxygens (including phenoxy) is 3. The molecular weight excluding hydrogens is 610 g/mol. The summed E-state index contributed by atoms with van der Waals surface area (Å²) in [4.78, 5) is 20.2. The second-order valence-electron chi connectivity index (χ2n) is 7.80. The van der Waals surface area contributed by atoms with Crippen molar-refractivity contribution in [2.75, 3.05) is 30.9 Å². The lowest BCUT2D eigenvalue weighted by atomic mass is 10.1. The summed E-state index contributed by atoms with van der Waals surface area (Å²) in [5.41, 5.74) is 0.461. The maximum Gasteiger partial charge on any atom is 0.321 e. The Morgan fingerprint density at radius 3 is 2.46 bits per heavy atom. The second kappa shape index (κ2) is 12.2. The number of methoxy groups -OCH3 is 2. The number of aromatic nitrogens is 2. The first-order valence-corrected chi connectivity index (χ1v) is 13.9. The van der Waals surface area contributed by atoms with Crippen LogP contribution < -0.4 is 29.6 Å². The van der Waals surface area contributed by atoms with Gasteiger partial charge < -0.3 is 19.5 Å². The van der Waals surface area contributed by atoms with E-state index in [1.54, 1.807) is 6.07 Å². The van der Waals surface area contributed by atoms with E-state index in [0.717, 1.165) is 15.2 Å². The summed E-state index contributed by atoms with van der Waals surface area (Å²) in [6, 6.07) is 18.4. The van der Waals surface area contributed by atoms with E-state index < -0.39 is 15.9 Å². The fourth-order valence-corrected chi connectivity index (χ4v) is 5.19. The average Bonchev–Trinajstić information content (AvgIpc) is 2.92. The van der Waals surface area contributed by atoms with Crippen molar-refractivity contribution in [2.45, 2.75) is 4.90 Å². The Morgan fingerprint density at radius 2 is 1.74 bits per heavy atom. The van der Waals surface area contributed by atoms with Crippen LogP contribution in [0.2, 0.25) is 0 Å². The van der Waals surface area contributed by atoms with Crippen molar-refractivity contribution in [3.05, 3.63) is 71.2 Å². The van der Waals surface area contributed by atoms with Gasteiger partial charge in [-0.3, -0.25) is 14.8 Å². The number of rotatable bonds is 9. The van der Waals surface area contributed by atoms with Crippen LogP contribution in [-0.2, 0) is 14.8 Å². The monoisotopic (exact) mass is 631 g/mol. The highest BCUT2D eigenvalue weighted by atomic mass is 79.9. The zero-order valence-corrected chi connectivity index (χ0v) is 23.8. The van der Waals surface area contributed by atoms with Crippen LogP contribution in [0.5, 0.6) is 17.6 Å². The molecule has 11 nitrogen and oxygen atoms in total. The highest BCUT2D eigenvalue weighted by Crippen LogP contribution is 2.33. The highest BCUT2D eigenvalue weighted by molar-refractivity contribution is 9.10. The van der Waals surface area contributed by atoms with Crippen LogP contribution in [0.25, 0.3) is 10.8 Å². The number of benzene rings is 3. The molecule has 0 saturated carbocycles. The molecule has 0 atom stereocenters. The van der Waals surface area contributed by atoms with E-state index in [2.05, 4.69) is 41.3 Å². The van der Waals surface area contributed by atoms with Crippen molar-refractivity contribution < 1.29 is 27.4 Å². The molecule has 1 aromatic heterocycles. The molecule has 0 aliphatic heterocycles. The molecule has 0 fully saturated rings. The van der Waals surface area contributed by atoms with Crippen LogP contribution in [0, 0.1) is 0 Å². The van der Waals surface area contributed by atoms with Crippen LogP contribution in [-0.4, -0.2) is 50.2 Å². The van der Waals surface area contributed by atoms with Crippen molar-refractivity contribution in [2.24, 2.45) is 0 Å². The van der Waals surface area contributed by atoms with Crippen molar-refractivity contribution in [3.8, 4) is 17.6 Å². The number of nitrogens with one attached hydrogen (secondary N) is 3. The maximum atomic E-state index is 12.8. The van der Waals surface area contributed by atoms with Crippen LogP contribution in [0.15, 0.2) is 76.1 Å². The number of fused-ring (bicyclic) bond motifs is 1. The van der Waals surface area contributed by atoms with Gasteiger partial charge in [-0.2, -0.15) is 9.97 Å². The van der Waals surface area contributed by atoms with Gasteiger partial charge in [-0.15, -0.1) is 0 Å². The van der Waals surface area contributed by atoms with E-state index in [1.807, 2.05) is 30.3 Å². The average molecular weight is 633 g/mol. The van der Waals surface area contributed by atoms with E-state index in [9.17, 15) is 13.2 Å². The number of thiocarbonyl (C=S) groups is 1. The third-order valence-electron chi connectivity index (χ3n) is 5.17. The molecule has 4 rings (SSSR count). The van der Waals surface area contributed by atoms with E-state index >= 15 is 0 Å².